The lowest BCUT2D eigenvalue weighted by atomic mass is 10.1. The molecule has 12 heteroatoms. The number of hydrogen-bond acceptors (Lipinski definition) is 5. The van der Waals surface area contributed by atoms with Crippen molar-refractivity contribution in [2.75, 3.05) is 6.54 Å². The molecule has 0 saturated carbocycles. The number of nitrogens with one attached hydrogen (secondary N) is 3. The van der Waals surface area contributed by atoms with Gasteiger partial charge in [0.05, 0.1) is 15.8 Å². The summed E-state index contributed by atoms with van der Waals surface area (Å²) in [5, 5.41) is 11.3. The van der Waals surface area contributed by atoms with Crippen molar-refractivity contribution in [3.05, 3.63) is 74.8 Å². The predicted octanol–water partition coefficient (Wildman–Crippen LogP) is 1.61. The van der Waals surface area contributed by atoms with Crippen LogP contribution < -0.4 is 15.5 Å². The molecule has 3 aromatic rings. The largest absolute Gasteiger partial charge is 0.480 e. The fourth-order valence-corrected chi connectivity index (χ4v) is 3.84. The van der Waals surface area contributed by atoms with Gasteiger partial charge < -0.3 is 15.4 Å². The first-order valence-corrected chi connectivity index (χ1v) is 10.5. The Morgan fingerprint density at radius 3 is 2.48 bits per heavy atom. The van der Waals surface area contributed by atoms with Gasteiger partial charge in [0.15, 0.2) is 0 Å². The van der Waals surface area contributed by atoms with Crippen LogP contribution in [0.15, 0.2) is 52.3 Å². The monoisotopic (exact) mass is 467 g/mol. The number of aromatic nitrogens is 1. The standard InChI is InChI=1S/C19H15ClFN3O6S/c20-11-3-1-10(2-4-11)7-23-19(28)14-8-22-17-13(18(14)27)5-12(6-15(17)21)31(29,30)24-9-16(25)26/h1-6,8,24H,7,9H2,(H,22,27)(H,23,28)(H,25,26). The number of rotatable bonds is 7. The zero-order chi connectivity index (χ0) is 22.8. The van der Waals surface area contributed by atoms with Crippen LogP contribution in [-0.2, 0) is 21.4 Å². The van der Waals surface area contributed by atoms with Crippen LogP contribution in [0.2, 0.25) is 5.02 Å². The summed E-state index contributed by atoms with van der Waals surface area (Å²) in [7, 11) is -4.40. The van der Waals surface area contributed by atoms with Crippen molar-refractivity contribution in [1.29, 1.82) is 0 Å². The van der Waals surface area contributed by atoms with E-state index in [4.69, 9.17) is 16.7 Å². The van der Waals surface area contributed by atoms with Gasteiger partial charge in [-0.15, -0.1) is 0 Å². The second-order valence-corrected chi connectivity index (χ2v) is 8.59. The number of sulfonamides is 1. The second-order valence-electron chi connectivity index (χ2n) is 6.39. The summed E-state index contributed by atoms with van der Waals surface area (Å²) in [6, 6.07) is 8.15. The third-order valence-corrected chi connectivity index (χ3v) is 5.88. The number of carbonyl (C=O) groups is 2. The molecule has 0 aliphatic carbocycles. The highest BCUT2D eigenvalue weighted by Crippen LogP contribution is 2.19. The summed E-state index contributed by atoms with van der Waals surface area (Å²) in [4.78, 5) is 37.6. The molecular weight excluding hydrogens is 453 g/mol. The molecule has 9 nitrogen and oxygen atoms in total. The van der Waals surface area contributed by atoms with Crippen LogP contribution >= 0.6 is 11.6 Å². The minimum Gasteiger partial charge on any atom is -0.480 e. The van der Waals surface area contributed by atoms with E-state index in [-0.39, 0.29) is 23.0 Å². The number of carbonyl (C=O) groups excluding carboxylic acids is 1. The van der Waals surface area contributed by atoms with Gasteiger partial charge >= 0.3 is 5.97 Å². The van der Waals surface area contributed by atoms with Gasteiger partial charge in [0, 0.05) is 17.8 Å². The summed E-state index contributed by atoms with van der Waals surface area (Å²) in [6.07, 6.45) is 1.03. The molecule has 1 heterocycles. The van der Waals surface area contributed by atoms with Gasteiger partial charge in [-0.1, -0.05) is 23.7 Å². The molecule has 1 aromatic heterocycles. The van der Waals surface area contributed by atoms with Crippen molar-refractivity contribution in [3.8, 4) is 0 Å². The van der Waals surface area contributed by atoms with Crippen molar-refractivity contribution in [2.24, 2.45) is 0 Å². The number of carboxylic acids is 1. The Hall–Kier alpha value is -3.28. The van der Waals surface area contributed by atoms with Crippen LogP contribution in [0, 0.1) is 5.82 Å². The normalized spacial score (nSPS) is 11.4. The van der Waals surface area contributed by atoms with Gasteiger partial charge in [0.2, 0.25) is 15.5 Å². The number of hydrogen-bond donors (Lipinski definition) is 4. The Morgan fingerprint density at radius 2 is 1.84 bits per heavy atom. The highest BCUT2D eigenvalue weighted by Gasteiger charge is 2.21. The van der Waals surface area contributed by atoms with E-state index in [1.807, 2.05) is 0 Å². The number of aromatic amines is 1. The molecule has 1 amide bonds. The van der Waals surface area contributed by atoms with E-state index >= 15 is 0 Å². The second kappa shape index (κ2) is 8.84. The van der Waals surface area contributed by atoms with Crippen LogP contribution in [0.25, 0.3) is 10.9 Å². The van der Waals surface area contributed by atoms with Crippen LogP contribution in [0.3, 0.4) is 0 Å². The Labute approximate surface area is 179 Å². The molecule has 3 rings (SSSR count). The number of aliphatic carboxylic acids is 1. The molecule has 0 bridgehead atoms. The molecule has 0 aliphatic rings. The number of fused-ring (bicyclic) bond motifs is 1. The summed E-state index contributed by atoms with van der Waals surface area (Å²) >= 11 is 5.80. The molecule has 4 N–H and O–H groups in total. The van der Waals surface area contributed by atoms with Crippen LogP contribution in [-0.4, -0.2) is 36.9 Å². The fourth-order valence-electron chi connectivity index (χ4n) is 2.71. The van der Waals surface area contributed by atoms with Crippen LogP contribution in [0.4, 0.5) is 4.39 Å². The average Bonchev–Trinajstić information content (AvgIpc) is 2.72. The van der Waals surface area contributed by atoms with Crippen molar-refractivity contribution in [2.45, 2.75) is 11.4 Å². The lowest BCUT2D eigenvalue weighted by Crippen LogP contribution is -2.30. The van der Waals surface area contributed by atoms with Gasteiger partial charge in [-0.2, -0.15) is 4.72 Å². The summed E-state index contributed by atoms with van der Waals surface area (Å²) in [6.45, 7) is -0.832. The quantitative estimate of drug-likeness (QED) is 0.415. The van der Waals surface area contributed by atoms with Crippen molar-refractivity contribution < 1.29 is 27.5 Å². The lowest BCUT2D eigenvalue weighted by Gasteiger charge is -2.09. The molecule has 0 unspecified atom stereocenters. The number of H-pyrrole nitrogens is 1. The summed E-state index contributed by atoms with van der Waals surface area (Å²) < 4.78 is 40.6. The lowest BCUT2D eigenvalue weighted by molar-refractivity contribution is -0.135. The number of amides is 1. The molecule has 0 atom stereocenters. The minimum atomic E-state index is -4.40. The summed E-state index contributed by atoms with van der Waals surface area (Å²) in [5.74, 6) is -3.25. The van der Waals surface area contributed by atoms with Crippen LogP contribution in [0.5, 0.6) is 0 Å². The van der Waals surface area contributed by atoms with Gasteiger partial charge in [-0.3, -0.25) is 14.4 Å². The van der Waals surface area contributed by atoms with Gasteiger partial charge in [0.1, 0.15) is 17.9 Å². The molecule has 0 spiro atoms. The fraction of sp³-hybridized carbons (Fsp3) is 0.105. The molecule has 0 aliphatic heterocycles. The first-order valence-electron chi connectivity index (χ1n) is 8.67. The van der Waals surface area contributed by atoms with Gasteiger partial charge in [0.25, 0.3) is 5.91 Å². The molecule has 2 aromatic carbocycles. The molecule has 162 valence electrons. The number of benzene rings is 2. The Bertz CT molecular complexity index is 1340. The third-order valence-electron chi connectivity index (χ3n) is 4.25. The Kier molecular flexibility index (Phi) is 6.39. The van der Waals surface area contributed by atoms with E-state index in [0.717, 1.165) is 17.8 Å². The van der Waals surface area contributed by atoms with E-state index in [0.29, 0.717) is 11.1 Å². The van der Waals surface area contributed by atoms with Crippen LogP contribution in [0.1, 0.15) is 15.9 Å². The van der Waals surface area contributed by atoms with Crippen molar-refractivity contribution in [3.63, 3.8) is 0 Å². The maximum Gasteiger partial charge on any atom is 0.318 e. The van der Waals surface area contributed by atoms with E-state index in [1.54, 1.807) is 29.0 Å². The SMILES string of the molecule is O=C(O)CNS(=O)(=O)c1cc(F)c2[nH]cc(C(=O)NCc3ccc(Cl)cc3)c(=O)c2c1. The first kappa shape index (κ1) is 22.4. The highest BCUT2D eigenvalue weighted by atomic mass is 35.5. The maximum absolute atomic E-state index is 14.4. The number of carboxylic acid groups (broad SMARTS) is 1. The van der Waals surface area contributed by atoms with Crippen molar-refractivity contribution >= 4 is 44.4 Å². The van der Waals surface area contributed by atoms with Gasteiger partial charge in [-0.25, -0.2) is 12.8 Å². The Morgan fingerprint density at radius 1 is 1.16 bits per heavy atom. The number of halogens is 2. The highest BCUT2D eigenvalue weighted by molar-refractivity contribution is 7.89. The molecule has 0 radical (unpaired) electrons. The number of pyridine rings is 1. The maximum atomic E-state index is 14.4. The molecule has 31 heavy (non-hydrogen) atoms. The predicted molar refractivity (Wildman–Crippen MR) is 110 cm³/mol. The summed E-state index contributed by atoms with van der Waals surface area (Å²) in [5.41, 5.74) is -0.819. The van der Waals surface area contributed by atoms with Crippen molar-refractivity contribution in [1.82, 2.24) is 15.0 Å². The zero-order valence-electron chi connectivity index (χ0n) is 15.6. The zero-order valence-corrected chi connectivity index (χ0v) is 17.2. The van der Waals surface area contributed by atoms with E-state index in [1.165, 1.54) is 0 Å². The minimum absolute atomic E-state index is 0.0926. The molecular formula is C19H15ClFN3O6S. The Balaban J connectivity index is 1.94. The smallest absolute Gasteiger partial charge is 0.318 e. The average molecular weight is 468 g/mol. The van der Waals surface area contributed by atoms with E-state index < -0.39 is 44.6 Å². The topological polar surface area (TPSA) is 145 Å². The third kappa shape index (κ3) is 5.08. The van der Waals surface area contributed by atoms with E-state index in [2.05, 4.69) is 10.3 Å². The van der Waals surface area contributed by atoms with E-state index in [9.17, 15) is 27.2 Å². The molecule has 0 saturated heterocycles. The van der Waals surface area contributed by atoms with Gasteiger partial charge in [-0.05, 0) is 29.8 Å². The first-order chi connectivity index (χ1) is 14.6. The molecule has 0 fully saturated rings.